The van der Waals surface area contributed by atoms with Gasteiger partial charge < -0.3 is 5.32 Å². The fraction of sp³-hybridized carbons (Fsp3) is 0.133. The van der Waals surface area contributed by atoms with Gasteiger partial charge >= 0.3 is 0 Å². The largest absolute Gasteiger partial charge is 0.322 e. The van der Waals surface area contributed by atoms with Gasteiger partial charge in [0.15, 0.2) is 0 Å². The second-order valence-corrected chi connectivity index (χ2v) is 5.14. The second-order valence-electron chi connectivity index (χ2n) is 4.35. The smallest absolute Gasteiger partial charge is 0.257 e. The van der Waals surface area contributed by atoms with Crippen LogP contribution >= 0.6 is 23.2 Å². The molecule has 4 heteroatoms. The average Bonchev–Trinajstić information content (AvgIpc) is 2.37. The zero-order valence-corrected chi connectivity index (χ0v) is 12.1. The molecule has 0 atom stereocenters. The lowest BCUT2D eigenvalue weighted by atomic mass is 10.1. The van der Waals surface area contributed by atoms with E-state index in [-0.39, 0.29) is 10.9 Å². The van der Waals surface area contributed by atoms with E-state index in [1.165, 1.54) is 5.56 Å². The van der Waals surface area contributed by atoms with Crippen LogP contribution in [0.5, 0.6) is 0 Å². The standard InChI is InChI=1S/C15H13Cl2NO/c1-9-6-7-11(8-10(9)2)18-15(19)12-4-3-5-13(16)14(12)17/h3-8H,1-2H3,(H,18,19). The highest BCUT2D eigenvalue weighted by atomic mass is 35.5. The molecule has 2 aromatic rings. The Hall–Kier alpha value is -1.51. The van der Waals surface area contributed by atoms with Gasteiger partial charge in [0.05, 0.1) is 15.6 Å². The highest BCUT2D eigenvalue weighted by molar-refractivity contribution is 6.44. The molecule has 2 aromatic carbocycles. The number of anilines is 1. The van der Waals surface area contributed by atoms with E-state index in [1.807, 2.05) is 32.0 Å². The Morgan fingerprint density at radius 2 is 1.79 bits per heavy atom. The molecule has 0 spiro atoms. The SMILES string of the molecule is Cc1ccc(NC(=O)c2cccc(Cl)c2Cl)cc1C. The van der Waals surface area contributed by atoms with Gasteiger partial charge in [-0.25, -0.2) is 0 Å². The number of aryl methyl sites for hydroxylation is 2. The van der Waals surface area contributed by atoms with Gasteiger partial charge in [0.1, 0.15) is 0 Å². The lowest BCUT2D eigenvalue weighted by Gasteiger charge is -2.09. The van der Waals surface area contributed by atoms with E-state index in [9.17, 15) is 4.79 Å². The van der Waals surface area contributed by atoms with Crippen LogP contribution in [0.3, 0.4) is 0 Å². The highest BCUT2D eigenvalue weighted by Gasteiger charge is 2.12. The molecule has 0 fully saturated rings. The van der Waals surface area contributed by atoms with Gasteiger partial charge in [-0.1, -0.05) is 35.3 Å². The van der Waals surface area contributed by atoms with Crippen LogP contribution in [0.2, 0.25) is 10.0 Å². The summed E-state index contributed by atoms with van der Waals surface area (Å²) in [6.45, 7) is 4.02. The third kappa shape index (κ3) is 3.09. The van der Waals surface area contributed by atoms with Gasteiger partial charge in [-0.2, -0.15) is 0 Å². The Morgan fingerprint density at radius 1 is 1.05 bits per heavy atom. The Bertz CT molecular complexity index is 638. The molecular weight excluding hydrogens is 281 g/mol. The summed E-state index contributed by atoms with van der Waals surface area (Å²) in [5, 5.41) is 3.45. The molecule has 0 saturated heterocycles. The van der Waals surface area contributed by atoms with Crippen LogP contribution in [0.25, 0.3) is 0 Å². The summed E-state index contributed by atoms with van der Waals surface area (Å²) in [5.74, 6) is -0.268. The Morgan fingerprint density at radius 3 is 2.47 bits per heavy atom. The van der Waals surface area contributed by atoms with E-state index < -0.39 is 0 Å². The Kier molecular flexibility index (Phi) is 4.13. The first-order valence-electron chi connectivity index (χ1n) is 5.81. The molecule has 0 aromatic heterocycles. The third-order valence-electron chi connectivity index (χ3n) is 2.96. The average molecular weight is 294 g/mol. The van der Waals surface area contributed by atoms with Crippen molar-refractivity contribution in [1.82, 2.24) is 0 Å². The fourth-order valence-electron chi connectivity index (χ4n) is 1.70. The van der Waals surface area contributed by atoms with Crippen LogP contribution in [-0.4, -0.2) is 5.91 Å². The van der Waals surface area contributed by atoms with E-state index in [2.05, 4.69) is 5.32 Å². The summed E-state index contributed by atoms with van der Waals surface area (Å²) in [6.07, 6.45) is 0. The lowest BCUT2D eigenvalue weighted by molar-refractivity contribution is 0.102. The number of hydrogen-bond donors (Lipinski definition) is 1. The molecule has 1 amide bonds. The maximum Gasteiger partial charge on any atom is 0.257 e. The molecule has 0 aliphatic carbocycles. The summed E-state index contributed by atoms with van der Waals surface area (Å²) >= 11 is 11.9. The van der Waals surface area contributed by atoms with Crippen LogP contribution < -0.4 is 5.32 Å². The van der Waals surface area contributed by atoms with Gasteiger partial charge in [-0.05, 0) is 49.2 Å². The maximum atomic E-state index is 12.1. The maximum absolute atomic E-state index is 12.1. The van der Waals surface area contributed by atoms with Gasteiger partial charge in [0.25, 0.3) is 5.91 Å². The van der Waals surface area contributed by atoms with E-state index >= 15 is 0 Å². The minimum absolute atomic E-state index is 0.268. The molecule has 19 heavy (non-hydrogen) atoms. The zero-order valence-electron chi connectivity index (χ0n) is 10.6. The number of carbonyl (C=O) groups is 1. The molecule has 0 aliphatic heterocycles. The first-order chi connectivity index (χ1) is 8.99. The van der Waals surface area contributed by atoms with Gasteiger partial charge in [-0.3, -0.25) is 4.79 Å². The molecule has 1 N–H and O–H groups in total. The predicted molar refractivity (Wildman–Crippen MR) is 80.3 cm³/mol. The first kappa shape index (κ1) is 13.9. The van der Waals surface area contributed by atoms with Crippen molar-refractivity contribution in [2.75, 3.05) is 5.32 Å². The van der Waals surface area contributed by atoms with Crippen LogP contribution in [0.1, 0.15) is 21.5 Å². The lowest BCUT2D eigenvalue weighted by Crippen LogP contribution is -2.12. The number of hydrogen-bond acceptors (Lipinski definition) is 1. The van der Waals surface area contributed by atoms with Crippen molar-refractivity contribution in [3.05, 3.63) is 63.1 Å². The van der Waals surface area contributed by atoms with Crippen molar-refractivity contribution in [2.24, 2.45) is 0 Å². The van der Waals surface area contributed by atoms with E-state index in [1.54, 1.807) is 18.2 Å². The van der Waals surface area contributed by atoms with Crippen molar-refractivity contribution >= 4 is 34.8 Å². The molecule has 0 aliphatic rings. The molecular formula is C15H13Cl2NO. The minimum Gasteiger partial charge on any atom is -0.322 e. The van der Waals surface area contributed by atoms with Crippen LogP contribution in [0.15, 0.2) is 36.4 Å². The molecule has 0 bridgehead atoms. The monoisotopic (exact) mass is 293 g/mol. The quantitative estimate of drug-likeness (QED) is 0.841. The van der Waals surface area contributed by atoms with Crippen molar-refractivity contribution < 1.29 is 4.79 Å². The predicted octanol–water partition coefficient (Wildman–Crippen LogP) is 4.86. The topological polar surface area (TPSA) is 29.1 Å². The van der Waals surface area contributed by atoms with Gasteiger partial charge in [-0.15, -0.1) is 0 Å². The Balaban J connectivity index is 2.26. The Labute approximate surface area is 122 Å². The fourth-order valence-corrected chi connectivity index (χ4v) is 2.08. The van der Waals surface area contributed by atoms with Crippen molar-refractivity contribution in [1.29, 1.82) is 0 Å². The highest BCUT2D eigenvalue weighted by Crippen LogP contribution is 2.26. The summed E-state index contributed by atoms with van der Waals surface area (Å²) in [7, 11) is 0. The van der Waals surface area contributed by atoms with Crippen LogP contribution in [0.4, 0.5) is 5.69 Å². The van der Waals surface area contributed by atoms with Crippen molar-refractivity contribution in [2.45, 2.75) is 13.8 Å². The molecule has 2 nitrogen and oxygen atoms in total. The van der Waals surface area contributed by atoms with Gasteiger partial charge in [0.2, 0.25) is 0 Å². The minimum atomic E-state index is -0.268. The number of halogens is 2. The van der Waals surface area contributed by atoms with Gasteiger partial charge in [0, 0.05) is 5.69 Å². The number of carbonyl (C=O) groups excluding carboxylic acids is 1. The first-order valence-corrected chi connectivity index (χ1v) is 6.57. The van der Waals surface area contributed by atoms with E-state index in [0.29, 0.717) is 10.6 Å². The third-order valence-corrected chi connectivity index (χ3v) is 3.78. The number of amides is 1. The molecule has 2 rings (SSSR count). The summed E-state index contributed by atoms with van der Waals surface area (Å²) in [4.78, 5) is 12.1. The van der Waals surface area contributed by atoms with E-state index in [4.69, 9.17) is 23.2 Å². The summed E-state index contributed by atoms with van der Waals surface area (Å²) < 4.78 is 0. The molecule has 0 radical (unpaired) electrons. The number of benzene rings is 2. The van der Waals surface area contributed by atoms with Crippen molar-refractivity contribution in [3.63, 3.8) is 0 Å². The molecule has 0 saturated carbocycles. The normalized spacial score (nSPS) is 10.3. The van der Waals surface area contributed by atoms with Crippen LogP contribution in [0, 0.1) is 13.8 Å². The van der Waals surface area contributed by atoms with Crippen LogP contribution in [-0.2, 0) is 0 Å². The van der Waals surface area contributed by atoms with E-state index in [0.717, 1.165) is 11.3 Å². The number of nitrogens with one attached hydrogen (secondary N) is 1. The second kappa shape index (κ2) is 5.64. The molecule has 98 valence electrons. The summed E-state index contributed by atoms with van der Waals surface area (Å²) in [6, 6.07) is 10.7. The number of rotatable bonds is 2. The zero-order chi connectivity index (χ0) is 14.0. The molecule has 0 unspecified atom stereocenters. The van der Waals surface area contributed by atoms with Crippen molar-refractivity contribution in [3.8, 4) is 0 Å². The summed E-state index contributed by atoms with van der Waals surface area (Å²) in [5.41, 5.74) is 3.41. The molecule has 0 heterocycles.